The van der Waals surface area contributed by atoms with Crippen molar-refractivity contribution in [2.24, 2.45) is 7.05 Å². The number of hydrogen-bond acceptors (Lipinski definition) is 3. The van der Waals surface area contributed by atoms with Gasteiger partial charge in [0.25, 0.3) is 0 Å². The molecule has 1 heterocycles. The topological polar surface area (TPSA) is 50.1 Å². The summed E-state index contributed by atoms with van der Waals surface area (Å²) in [7, 11) is 1.99. The van der Waals surface area contributed by atoms with Crippen molar-refractivity contribution >= 4 is 0 Å². The quantitative estimate of drug-likeness (QED) is 0.659. The molecule has 0 amide bonds. The van der Waals surface area contributed by atoms with E-state index in [4.69, 9.17) is 5.11 Å². The Morgan fingerprint density at radius 2 is 2.43 bits per heavy atom. The van der Waals surface area contributed by atoms with Crippen LogP contribution in [0.2, 0.25) is 0 Å². The van der Waals surface area contributed by atoms with Crippen LogP contribution in [0.15, 0.2) is 12.4 Å². The van der Waals surface area contributed by atoms with E-state index in [9.17, 15) is 0 Å². The highest BCUT2D eigenvalue weighted by Crippen LogP contribution is 1.95. The average Bonchev–Trinajstić information content (AvgIpc) is 2.51. The molecule has 0 aliphatic carbocycles. The first-order valence-electron chi connectivity index (χ1n) is 5.05. The zero-order chi connectivity index (χ0) is 10.4. The summed E-state index contributed by atoms with van der Waals surface area (Å²) in [5, 5.41) is 12.3. The minimum atomic E-state index is -0.190. The third kappa shape index (κ3) is 3.89. The fourth-order valence-corrected chi connectivity index (χ4v) is 1.29. The molecular weight excluding hydrogens is 178 g/mol. The van der Waals surface area contributed by atoms with Crippen molar-refractivity contribution < 1.29 is 5.11 Å². The highest BCUT2D eigenvalue weighted by Gasteiger charge is 1.98. The van der Waals surface area contributed by atoms with E-state index in [1.807, 2.05) is 24.7 Å². The third-order valence-corrected chi connectivity index (χ3v) is 2.18. The van der Waals surface area contributed by atoms with Gasteiger partial charge in [-0.1, -0.05) is 0 Å². The second-order valence-corrected chi connectivity index (χ2v) is 3.62. The number of nitrogens with one attached hydrogen (secondary N) is 1. The van der Waals surface area contributed by atoms with E-state index in [1.165, 1.54) is 0 Å². The van der Waals surface area contributed by atoms with Crippen LogP contribution < -0.4 is 5.32 Å². The molecule has 14 heavy (non-hydrogen) atoms. The molecule has 1 rings (SSSR count). The first-order chi connectivity index (χ1) is 6.70. The highest BCUT2D eigenvalue weighted by molar-refractivity contribution is 4.90. The van der Waals surface area contributed by atoms with Crippen LogP contribution in [0.3, 0.4) is 0 Å². The van der Waals surface area contributed by atoms with E-state index < -0.39 is 0 Å². The summed E-state index contributed by atoms with van der Waals surface area (Å²) in [4.78, 5) is 4.20. The summed E-state index contributed by atoms with van der Waals surface area (Å²) in [5.41, 5.74) is 0. The van der Waals surface area contributed by atoms with E-state index in [0.717, 1.165) is 31.8 Å². The van der Waals surface area contributed by atoms with E-state index >= 15 is 0 Å². The van der Waals surface area contributed by atoms with Gasteiger partial charge in [-0.05, 0) is 26.3 Å². The number of hydrogen-bond donors (Lipinski definition) is 2. The Morgan fingerprint density at radius 3 is 3.00 bits per heavy atom. The summed E-state index contributed by atoms with van der Waals surface area (Å²) in [6.45, 7) is 3.54. The first kappa shape index (κ1) is 11.2. The molecule has 1 aromatic heterocycles. The minimum Gasteiger partial charge on any atom is -0.393 e. The second-order valence-electron chi connectivity index (χ2n) is 3.62. The summed E-state index contributed by atoms with van der Waals surface area (Å²) < 4.78 is 2.00. The predicted octanol–water partition coefficient (Wildman–Crippen LogP) is 0.671. The Kier molecular flexibility index (Phi) is 4.62. The van der Waals surface area contributed by atoms with Crippen molar-refractivity contribution in [3.8, 4) is 0 Å². The Labute approximate surface area is 85.0 Å². The van der Waals surface area contributed by atoms with Gasteiger partial charge in [0.15, 0.2) is 0 Å². The molecule has 1 atom stereocenters. The fourth-order valence-electron chi connectivity index (χ4n) is 1.29. The first-order valence-corrected chi connectivity index (χ1v) is 5.05. The Bertz CT molecular complexity index is 258. The van der Waals surface area contributed by atoms with Crippen LogP contribution >= 0.6 is 0 Å². The summed E-state index contributed by atoms with van der Waals surface area (Å²) in [5.74, 6) is 1.04. The van der Waals surface area contributed by atoms with E-state index in [-0.39, 0.29) is 6.10 Å². The monoisotopic (exact) mass is 197 g/mol. The molecular formula is C10H19N3O. The number of aromatic nitrogens is 2. The molecule has 0 aliphatic rings. The average molecular weight is 197 g/mol. The molecule has 0 saturated heterocycles. The molecule has 1 unspecified atom stereocenters. The van der Waals surface area contributed by atoms with Crippen molar-refractivity contribution in [3.05, 3.63) is 18.2 Å². The molecule has 80 valence electrons. The van der Waals surface area contributed by atoms with Gasteiger partial charge in [-0.25, -0.2) is 4.98 Å². The molecule has 0 aliphatic heterocycles. The van der Waals surface area contributed by atoms with Crippen LogP contribution in [-0.4, -0.2) is 27.3 Å². The van der Waals surface area contributed by atoms with Crippen LogP contribution in [-0.2, 0) is 13.6 Å². The third-order valence-electron chi connectivity index (χ3n) is 2.18. The highest BCUT2D eigenvalue weighted by atomic mass is 16.3. The van der Waals surface area contributed by atoms with Gasteiger partial charge >= 0.3 is 0 Å². The Balaban J connectivity index is 2.08. The Morgan fingerprint density at radius 1 is 1.64 bits per heavy atom. The van der Waals surface area contributed by atoms with Gasteiger partial charge < -0.3 is 15.0 Å². The molecule has 0 radical (unpaired) electrons. The van der Waals surface area contributed by atoms with Gasteiger partial charge in [0, 0.05) is 19.4 Å². The molecule has 2 N–H and O–H groups in total. The molecule has 0 aromatic carbocycles. The van der Waals surface area contributed by atoms with Gasteiger partial charge in [-0.15, -0.1) is 0 Å². The van der Waals surface area contributed by atoms with Crippen molar-refractivity contribution in [2.75, 3.05) is 6.54 Å². The summed E-state index contributed by atoms with van der Waals surface area (Å²) in [6.07, 6.45) is 5.40. The Hall–Kier alpha value is -0.870. The van der Waals surface area contributed by atoms with Crippen LogP contribution in [0.4, 0.5) is 0 Å². The molecule has 0 fully saturated rings. The maximum absolute atomic E-state index is 9.04. The van der Waals surface area contributed by atoms with Crippen molar-refractivity contribution in [1.29, 1.82) is 0 Å². The molecule has 4 heteroatoms. The van der Waals surface area contributed by atoms with E-state index in [1.54, 1.807) is 6.20 Å². The lowest BCUT2D eigenvalue weighted by molar-refractivity contribution is 0.181. The lowest BCUT2D eigenvalue weighted by atomic mass is 10.2. The SMILES string of the molecule is CC(O)CCCNCc1nccn1C. The van der Waals surface area contributed by atoms with Gasteiger partial charge in [0.2, 0.25) is 0 Å². The van der Waals surface area contributed by atoms with Crippen LogP contribution in [0.25, 0.3) is 0 Å². The molecule has 0 saturated carbocycles. The van der Waals surface area contributed by atoms with Gasteiger partial charge in [0.05, 0.1) is 12.6 Å². The van der Waals surface area contributed by atoms with Gasteiger partial charge in [-0.3, -0.25) is 0 Å². The van der Waals surface area contributed by atoms with Crippen molar-refractivity contribution in [2.45, 2.75) is 32.4 Å². The summed E-state index contributed by atoms with van der Waals surface area (Å²) >= 11 is 0. The van der Waals surface area contributed by atoms with Gasteiger partial charge in [0.1, 0.15) is 5.82 Å². The minimum absolute atomic E-state index is 0.190. The number of imidazole rings is 1. The normalized spacial score (nSPS) is 13.1. The second kappa shape index (κ2) is 5.78. The number of aliphatic hydroxyl groups is 1. The molecule has 0 bridgehead atoms. The number of aliphatic hydroxyl groups excluding tert-OH is 1. The maximum Gasteiger partial charge on any atom is 0.122 e. The number of rotatable bonds is 6. The fraction of sp³-hybridized carbons (Fsp3) is 0.700. The lowest BCUT2D eigenvalue weighted by Gasteiger charge is -2.06. The van der Waals surface area contributed by atoms with Crippen LogP contribution in [0.1, 0.15) is 25.6 Å². The number of nitrogens with zero attached hydrogens (tertiary/aromatic N) is 2. The van der Waals surface area contributed by atoms with Crippen LogP contribution in [0.5, 0.6) is 0 Å². The van der Waals surface area contributed by atoms with E-state index in [2.05, 4.69) is 10.3 Å². The predicted molar refractivity (Wildman–Crippen MR) is 55.8 cm³/mol. The lowest BCUT2D eigenvalue weighted by Crippen LogP contribution is -2.18. The largest absolute Gasteiger partial charge is 0.393 e. The molecule has 1 aromatic rings. The maximum atomic E-state index is 9.04. The van der Waals surface area contributed by atoms with E-state index in [0.29, 0.717) is 0 Å². The summed E-state index contributed by atoms with van der Waals surface area (Å²) in [6, 6.07) is 0. The smallest absolute Gasteiger partial charge is 0.122 e. The van der Waals surface area contributed by atoms with Crippen molar-refractivity contribution in [3.63, 3.8) is 0 Å². The molecule has 0 spiro atoms. The zero-order valence-electron chi connectivity index (χ0n) is 8.90. The molecule has 4 nitrogen and oxygen atoms in total. The number of aryl methyl sites for hydroxylation is 1. The van der Waals surface area contributed by atoms with Gasteiger partial charge in [-0.2, -0.15) is 0 Å². The standard InChI is InChI=1S/C10H19N3O/c1-9(14)4-3-5-11-8-10-12-6-7-13(10)2/h6-7,9,11,14H,3-5,8H2,1-2H3. The van der Waals surface area contributed by atoms with Crippen LogP contribution in [0, 0.1) is 0 Å². The van der Waals surface area contributed by atoms with Crippen molar-refractivity contribution in [1.82, 2.24) is 14.9 Å². The zero-order valence-corrected chi connectivity index (χ0v) is 8.90.